The normalized spacial score (nSPS) is 12.7. The lowest BCUT2D eigenvalue weighted by atomic mass is 10.4. The third-order valence-corrected chi connectivity index (χ3v) is 4.02. The molecular weight excluding hydrogens is 218 g/mol. The summed E-state index contributed by atoms with van der Waals surface area (Å²) in [6, 6.07) is 0. The number of nitrogens with two attached hydrogens (primary N) is 1. The fourth-order valence-electron chi connectivity index (χ4n) is 1.00. The molecule has 92 valence electrons. The first-order valence-corrected chi connectivity index (χ1v) is 6.23. The lowest BCUT2D eigenvalue weighted by molar-refractivity contribution is 0.183. The highest BCUT2D eigenvalue weighted by Gasteiger charge is 2.22. The van der Waals surface area contributed by atoms with Crippen molar-refractivity contribution in [3.8, 4) is 0 Å². The summed E-state index contributed by atoms with van der Waals surface area (Å²) in [4.78, 5) is 0. The minimum atomic E-state index is -3.35. The Labute approximate surface area is 92.2 Å². The van der Waals surface area contributed by atoms with E-state index in [2.05, 4.69) is 0 Å². The number of methoxy groups -OCH3 is 1. The first-order valence-electron chi connectivity index (χ1n) is 4.83. The van der Waals surface area contributed by atoms with Gasteiger partial charge in [0.15, 0.2) is 0 Å². The molecule has 0 rings (SSSR count). The number of rotatable bonds is 8. The van der Waals surface area contributed by atoms with Gasteiger partial charge < -0.3 is 10.5 Å². The Morgan fingerprint density at radius 1 is 1.20 bits per heavy atom. The molecule has 7 heteroatoms. The molecule has 0 fully saturated rings. The Hall–Kier alpha value is -0.210. The van der Waals surface area contributed by atoms with Gasteiger partial charge in [-0.1, -0.05) is 0 Å². The lowest BCUT2D eigenvalue weighted by Crippen LogP contribution is -2.41. The quantitative estimate of drug-likeness (QED) is 0.595. The summed E-state index contributed by atoms with van der Waals surface area (Å²) in [6.45, 7) is 1.67. The summed E-state index contributed by atoms with van der Waals surface area (Å²) in [5.74, 6) is 0. The zero-order chi connectivity index (χ0) is 11.9. The summed E-state index contributed by atoms with van der Waals surface area (Å²) >= 11 is 0. The smallest absolute Gasteiger partial charge is 0.281 e. The van der Waals surface area contributed by atoms with Crippen molar-refractivity contribution in [2.75, 3.05) is 47.4 Å². The van der Waals surface area contributed by atoms with E-state index in [0.717, 1.165) is 0 Å². The Morgan fingerprint density at radius 2 is 1.73 bits per heavy atom. The first-order chi connectivity index (χ1) is 6.96. The molecule has 0 saturated heterocycles. The van der Waals surface area contributed by atoms with Crippen LogP contribution < -0.4 is 5.73 Å². The molecule has 0 aromatic heterocycles. The van der Waals surface area contributed by atoms with Crippen molar-refractivity contribution < 1.29 is 13.2 Å². The maximum absolute atomic E-state index is 11.8. The SMILES string of the molecule is COCCN(C)S(=O)(=O)N(C)CCCN. The van der Waals surface area contributed by atoms with Gasteiger partial charge in [-0.15, -0.1) is 0 Å². The Balaban J connectivity index is 4.25. The first kappa shape index (κ1) is 14.8. The molecule has 0 bridgehead atoms. The molecule has 0 aliphatic heterocycles. The molecule has 0 unspecified atom stereocenters. The predicted molar refractivity (Wildman–Crippen MR) is 59.7 cm³/mol. The predicted octanol–water partition coefficient (Wildman–Crippen LogP) is -0.910. The highest BCUT2D eigenvalue weighted by Crippen LogP contribution is 2.03. The van der Waals surface area contributed by atoms with Gasteiger partial charge in [0, 0.05) is 34.3 Å². The molecule has 0 spiro atoms. The topological polar surface area (TPSA) is 75.9 Å². The fraction of sp³-hybridized carbons (Fsp3) is 1.00. The molecule has 0 aromatic carbocycles. The van der Waals surface area contributed by atoms with Crippen LogP contribution >= 0.6 is 0 Å². The Morgan fingerprint density at radius 3 is 2.20 bits per heavy atom. The average Bonchev–Trinajstić information content (AvgIpc) is 2.21. The largest absolute Gasteiger partial charge is 0.383 e. The molecule has 0 atom stereocenters. The van der Waals surface area contributed by atoms with Crippen LogP contribution in [-0.2, 0) is 14.9 Å². The van der Waals surface area contributed by atoms with E-state index in [1.165, 1.54) is 15.7 Å². The van der Waals surface area contributed by atoms with Crippen LogP contribution in [0.3, 0.4) is 0 Å². The summed E-state index contributed by atoms with van der Waals surface area (Å²) in [6.07, 6.45) is 0.661. The summed E-state index contributed by atoms with van der Waals surface area (Å²) in [5.41, 5.74) is 5.32. The van der Waals surface area contributed by atoms with Crippen molar-refractivity contribution in [2.24, 2.45) is 5.73 Å². The van der Waals surface area contributed by atoms with E-state index in [9.17, 15) is 8.42 Å². The van der Waals surface area contributed by atoms with Gasteiger partial charge in [-0.05, 0) is 13.0 Å². The molecular formula is C8H21N3O3S. The minimum absolute atomic E-state index is 0.353. The Bertz CT molecular complexity index is 236. The van der Waals surface area contributed by atoms with E-state index in [1.54, 1.807) is 14.2 Å². The highest BCUT2D eigenvalue weighted by atomic mass is 32.2. The Kier molecular flexibility index (Phi) is 7.03. The van der Waals surface area contributed by atoms with Crippen molar-refractivity contribution >= 4 is 10.2 Å². The van der Waals surface area contributed by atoms with Gasteiger partial charge >= 0.3 is 0 Å². The molecule has 15 heavy (non-hydrogen) atoms. The van der Waals surface area contributed by atoms with Crippen LogP contribution in [0.25, 0.3) is 0 Å². The minimum Gasteiger partial charge on any atom is -0.383 e. The number of hydrogen-bond acceptors (Lipinski definition) is 4. The monoisotopic (exact) mass is 239 g/mol. The summed E-state index contributed by atoms with van der Waals surface area (Å²) < 4.78 is 31.0. The number of nitrogens with zero attached hydrogens (tertiary/aromatic N) is 2. The summed E-state index contributed by atoms with van der Waals surface area (Å²) in [7, 11) is 1.27. The maximum Gasteiger partial charge on any atom is 0.281 e. The van der Waals surface area contributed by atoms with Crippen LogP contribution in [0.5, 0.6) is 0 Å². The molecule has 6 nitrogen and oxygen atoms in total. The fourth-order valence-corrected chi connectivity index (χ4v) is 2.14. The van der Waals surface area contributed by atoms with Gasteiger partial charge in [-0.2, -0.15) is 17.0 Å². The van der Waals surface area contributed by atoms with Crippen LogP contribution in [0.1, 0.15) is 6.42 Å². The van der Waals surface area contributed by atoms with Gasteiger partial charge in [-0.3, -0.25) is 0 Å². The average molecular weight is 239 g/mol. The van der Waals surface area contributed by atoms with Crippen LogP contribution in [0, 0.1) is 0 Å². The highest BCUT2D eigenvalue weighted by molar-refractivity contribution is 7.86. The molecule has 0 saturated carbocycles. The second-order valence-electron chi connectivity index (χ2n) is 3.29. The molecule has 0 amide bonds. The van der Waals surface area contributed by atoms with Gasteiger partial charge in [0.25, 0.3) is 10.2 Å². The number of hydrogen-bond donors (Lipinski definition) is 1. The molecule has 2 N–H and O–H groups in total. The maximum atomic E-state index is 11.8. The summed E-state index contributed by atoms with van der Waals surface area (Å²) in [5, 5.41) is 0. The lowest BCUT2D eigenvalue weighted by Gasteiger charge is -2.23. The number of ether oxygens (including phenoxy) is 1. The van der Waals surface area contributed by atoms with Gasteiger partial charge in [0.05, 0.1) is 6.61 Å². The van der Waals surface area contributed by atoms with Crippen molar-refractivity contribution in [2.45, 2.75) is 6.42 Å². The van der Waals surface area contributed by atoms with Gasteiger partial charge in [0.2, 0.25) is 0 Å². The van der Waals surface area contributed by atoms with Crippen molar-refractivity contribution in [3.63, 3.8) is 0 Å². The van der Waals surface area contributed by atoms with Gasteiger partial charge in [0.1, 0.15) is 0 Å². The standard InChI is InChI=1S/C8H21N3O3S/c1-10(6-4-5-9)15(12,13)11(2)7-8-14-3/h4-9H2,1-3H3. The van der Waals surface area contributed by atoms with Crippen molar-refractivity contribution in [1.29, 1.82) is 0 Å². The zero-order valence-electron chi connectivity index (χ0n) is 9.64. The van der Waals surface area contributed by atoms with Gasteiger partial charge in [-0.25, -0.2) is 0 Å². The third-order valence-electron chi connectivity index (χ3n) is 2.08. The molecule has 0 heterocycles. The molecule has 0 radical (unpaired) electrons. The van der Waals surface area contributed by atoms with E-state index >= 15 is 0 Å². The van der Waals surface area contributed by atoms with Crippen molar-refractivity contribution in [3.05, 3.63) is 0 Å². The van der Waals surface area contributed by atoms with Crippen molar-refractivity contribution in [1.82, 2.24) is 8.61 Å². The van der Waals surface area contributed by atoms with E-state index in [1.807, 2.05) is 0 Å². The molecule has 0 aliphatic rings. The van der Waals surface area contributed by atoms with Crippen LogP contribution in [0.15, 0.2) is 0 Å². The second-order valence-corrected chi connectivity index (χ2v) is 5.43. The third kappa shape index (κ3) is 4.89. The van der Waals surface area contributed by atoms with E-state index in [-0.39, 0.29) is 0 Å². The van der Waals surface area contributed by atoms with Crippen LogP contribution in [0.4, 0.5) is 0 Å². The molecule has 0 aliphatic carbocycles. The zero-order valence-corrected chi connectivity index (χ0v) is 10.5. The second kappa shape index (κ2) is 7.13. The molecule has 0 aromatic rings. The van der Waals surface area contributed by atoms with E-state index < -0.39 is 10.2 Å². The van der Waals surface area contributed by atoms with E-state index in [0.29, 0.717) is 32.7 Å². The van der Waals surface area contributed by atoms with Crippen LogP contribution in [0.2, 0.25) is 0 Å². The van der Waals surface area contributed by atoms with E-state index in [4.69, 9.17) is 10.5 Å². The number of likely N-dealkylation sites (N-methyl/N-ethyl adjacent to an activating group) is 1. The van der Waals surface area contributed by atoms with Crippen LogP contribution in [-0.4, -0.2) is 64.5 Å².